The summed E-state index contributed by atoms with van der Waals surface area (Å²) in [5.74, 6) is -0.367. The van der Waals surface area contributed by atoms with Crippen LogP contribution in [0.3, 0.4) is 0 Å². The number of amides is 1. The van der Waals surface area contributed by atoms with Crippen LogP contribution in [0.5, 0.6) is 0 Å². The smallest absolute Gasteiger partial charge is 0.311 e. The Labute approximate surface area is 128 Å². The summed E-state index contributed by atoms with van der Waals surface area (Å²) in [6.07, 6.45) is 0.728. The predicted octanol–water partition coefficient (Wildman–Crippen LogP) is 2.42. The molecule has 0 saturated carbocycles. The van der Waals surface area contributed by atoms with E-state index in [0.717, 1.165) is 16.8 Å². The lowest BCUT2D eigenvalue weighted by Crippen LogP contribution is -2.30. The Kier molecular flexibility index (Phi) is 4.25. The molecular formula is C15H19ClN2O3. The second-order valence-corrected chi connectivity index (χ2v) is 6.35. The number of benzene rings is 1. The van der Waals surface area contributed by atoms with Crippen LogP contribution in [0.1, 0.15) is 37.4 Å². The molecule has 1 aromatic carbocycles. The third-order valence-electron chi connectivity index (χ3n) is 3.72. The number of nitrogens with one attached hydrogen (secondary N) is 1. The van der Waals surface area contributed by atoms with E-state index in [1.54, 1.807) is 19.9 Å². The zero-order valence-corrected chi connectivity index (χ0v) is 13.1. The number of anilines is 1. The molecule has 1 aliphatic rings. The number of fused-ring (bicyclic) bond motifs is 1. The lowest BCUT2D eigenvalue weighted by molar-refractivity contribution is -0.151. The van der Waals surface area contributed by atoms with E-state index in [4.69, 9.17) is 22.1 Å². The number of carbonyl (C=O) groups excluding carboxylic acids is 2. The van der Waals surface area contributed by atoms with Gasteiger partial charge in [-0.1, -0.05) is 17.7 Å². The molecule has 0 aliphatic carbocycles. The summed E-state index contributed by atoms with van der Waals surface area (Å²) in [5.41, 5.74) is 7.85. The van der Waals surface area contributed by atoms with Gasteiger partial charge in [0.15, 0.2) is 0 Å². The number of ether oxygens (including phenoxy) is 1. The fraction of sp³-hybridized carbons (Fsp3) is 0.467. The van der Waals surface area contributed by atoms with Crippen LogP contribution in [0.4, 0.5) is 5.69 Å². The monoisotopic (exact) mass is 310 g/mol. The van der Waals surface area contributed by atoms with Gasteiger partial charge in [0.25, 0.3) is 0 Å². The average Bonchev–Trinajstić information content (AvgIpc) is 2.75. The molecule has 0 aromatic heterocycles. The summed E-state index contributed by atoms with van der Waals surface area (Å²) in [4.78, 5) is 23.2. The van der Waals surface area contributed by atoms with Gasteiger partial charge in [0, 0.05) is 16.8 Å². The minimum atomic E-state index is -0.704. The van der Waals surface area contributed by atoms with Gasteiger partial charge in [0.1, 0.15) is 0 Å². The van der Waals surface area contributed by atoms with E-state index in [-0.39, 0.29) is 11.9 Å². The fourth-order valence-electron chi connectivity index (χ4n) is 2.57. The molecule has 2 rings (SSSR count). The summed E-state index contributed by atoms with van der Waals surface area (Å²) >= 11 is 6.25. The van der Waals surface area contributed by atoms with Crippen LogP contribution >= 0.6 is 11.6 Å². The molecule has 1 aromatic rings. The first-order valence-electron chi connectivity index (χ1n) is 6.71. The Morgan fingerprint density at radius 2 is 2.19 bits per heavy atom. The normalized spacial score (nSPS) is 15.4. The molecule has 3 N–H and O–H groups in total. The molecule has 114 valence electrons. The fourth-order valence-corrected chi connectivity index (χ4v) is 2.87. The van der Waals surface area contributed by atoms with E-state index in [2.05, 4.69) is 5.32 Å². The first-order valence-corrected chi connectivity index (χ1v) is 7.08. The first kappa shape index (κ1) is 15.8. The number of nitrogens with two attached hydrogens (primary N) is 1. The number of methoxy groups -OCH3 is 1. The second kappa shape index (κ2) is 5.66. The molecule has 6 heteroatoms. The highest BCUT2D eigenvalue weighted by Gasteiger charge is 2.32. The minimum absolute atomic E-state index is 0.0540. The van der Waals surface area contributed by atoms with Gasteiger partial charge in [-0.3, -0.25) is 9.59 Å². The van der Waals surface area contributed by atoms with Gasteiger partial charge >= 0.3 is 5.97 Å². The molecular weight excluding hydrogens is 292 g/mol. The number of rotatable bonds is 4. The van der Waals surface area contributed by atoms with Crippen molar-refractivity contribution in [3.8, 4) is 0 Å². The molecule has 0 bridgehead atoms. The Morgan fingerprint density at radius 1 is 1.52 bits per heavy atom. The van der Waals surface area contributed by atoms with Gasteiger partial charge < -0.3 is 15.8 Å². The maximum absolute atomic E-state index is 11.8. The summed E-state index contributed by atoms with van der Waals surface area (Å²) in [6, 6.07) is 3.14. The predicted molar refractivity (Wildman–Crippen MR) is 81.1 cm³/mol. The molecule has 0 spiro atoms. The zero-order chi connectivity index (χ0) is 15.8. The summed E-state index contributed by atoms with van der Waals surface area (Å²) in [7, 11) is 1.36. The Balaban J connectivity index is 2.24. The highest BCUT2D eigenvalue weighted by molar-refractivity contribution is 6.32. The molecule has 1 heterocycles. The molecule has 21 heavy (non-hydrogen) atoms. The maximum atomic E-state index is 11.8. The highest BCUT2D eigenvalue weighted by atomic mass is 35.5. The molecule has 0 saturated heterocycles. The minimum Gasteiger partial charge on any atom is -0.469 e. The standard InChI is InChI=1S/C15H19ClN2O3/c1-15(2,14(20)21-3)7-11(17)9-4-8-5-13(19)18-12(8)6-10(9)16/h4,6,11H,5,7,17H2,1-3H3,(H,18,19). The van der Waals surface area contributed by atoms with Crippen molar-refractivity contribution in [2.45, 2.75) is 32.7 Å². The van der Waals surface area contributed by atoms with E-state index < -0.39 is 11.5 Å². The first-order chi connectivity index (χ1) is 9.74. The topological polar surface area (TPSA) is 81.4 Å². The van der Waals surface area contributed by atoms with Crippen LogP contribution in [0.2, 0.25) is 5.02 Å². The van der Waals surface area contributed by atoms with Gasteiger partial charge in [-0.2, -0.15) is 0 Å². The SMILES string of the molecule is COC(=O)C(C)(C)CC(N)c1cc2c(cc1Cl)NC(=O)C2. The summed E-state index contributed by atoms with van der Waals surface area (Å²) < 4.78 is 4.79. The van der Waals surface area contributed by atoms with Crippen molar-refractivity contribution in [2.75, 3.05) is 12.4 Å². The zero-order valence-electron chi connectivity index (χ0n) is 12.3. The van der Waals surface area contributed by atoms with Crippen molar-refractivity contribution in [3.05, 3.63) is 28.3 Å². The van der Waals surface area contributed by atoms with E-state index in [1.807, 2.05) is 6.07 Å². The maximum Gasteiger partial charge on any atom is 0.311 e. The number of halogens is 1. The number of esters is 1. The number of carbonyl (C=O) groups is 2. The van der Waals surface area contributed by atoms with Crippen LogP contribution in [0.25, 0.3) is 0 Å². The van der Waals surface area contributed by atoms with Crippen LogP contribution in [0.15, 0.2) is 12.1 Å². The Bertz CT molecular complexity index is 599. The van der Waals surface area contributed by atoms with Crippen molar-refractivity contribution in [3.63, 3.8) is 0 Å². The van der Waals surface area contributed by atoms with Crippen molar-refractivity contribution < 1.29 is 14.3 Å². The van der Waals surface area contributed by atoms with E-state index in [1.165, 1.54) is 7.11 Å². The summed E-state index contributed by atoms with van der Waals surface area (Å²) in [5, 5.41) is 3.23. The van der Waals surface area contributed by atoms with E-state index in [0.29, 0.717) is 17.9 Å². The Morgan fingerprint density at radius 3 is 2.81 bits per heavy atom. The van der Waals surface area contributed by atoms with Crippen molar-refractivity contribution >= 4 is 29.2 Å². The largest absolute Gasteiger partial charge is 0.469 e. The molecule has 0 fully saturated rings. The number of hydrogen-bond acceptors (Lipinski definition) is 4. The van der Waals surface area contributed by atoms with Crippen LogP contribution < -0.4 is 11.1 Å². The van der Waals surface area contributed by atoms with Crippen LogP contribution in [0, 0.1) is 5.41 Å². The molecule has 1 amide bonds. The Hall–Kier alpha value is -1.59. The lowest BCUT2D eigenvalue weighted by atomic mass is 9.83. The molecule has 0 radical (unpaired) electrons. The second-order valence-electron chi connectivity index (χ2n) is 5.94. The van der Waals surface area contributed by atoms with Gasteiger partial charge in [-0.25, -0.2) is 0 Å². The van der Waals surface area contributed by atoms with E-state index >= 15 is 0 Å². The number of hydrogen-bond donors (Lipinski definition) is 2. The van der Waals surface area contributed by atoms with Crippen LogP contribution in [-0.2, 0) is 20.7 Å². The quantitative estimate of drug-likeness (QED) is 0.837. The molecule has 1 aliphatic heterocycles. The van der Waals surface area contributed by atoms with Gasteiger partial charge in [-0.05, 0) is 37.5 Å². The van der Waals surface area contributed by atoms with Crippen molar-refractivity contribution in [2.24, 2.45) is 11.1 Å². The summed E-state index contributed by atoms with van der Waals surface area (Å²) in [6.45, 7) is 3.57. The van der Waals surface area contributed by atoms with E-state index in [9.17, 15) is 9.59 Å². The lowest BCUT2D eigenvalue weighted by Gasteiger charge is -2.26. The third-order valence-corrected chi connectivity index (χ3v) is 4.04. The molecule has 1 unspecified atom stereocenters. The van der Waals surface area contributed by atoms with Gasteiger partial charge in [0.05, 0.1) is 18.9 Å². The average molecular weight is 311 g/mol. The highest BCUT2D eigenvalue weighted by Crippen LogP contribution is 2.36. The van der Waals surface area contributed by atoms with Crippen molar-refractivity contribution in [1.29, 1.82) is 0 Å². The van der Waals surface area contributed by atoms with Crippen molar-refractivity contribution in [1.82, 2.24) is 0 Å². The molecule has 5 nitrogen and oxygen atoms in total. The third kappa shape index (κ3) is 3.19. The van der Waals surface area contributed by atoms with Crippen LogP contribution in [-0.4, -0.2) is 19.0 Å². The van der Waals surface area contributed by atoms with Gasteiger partial charge in [-0.15, -0.1) is 0 Å². The van der Waals surface area contributed by atoms with Gasteiger partial charge in [0.2, 0.25) is 5.91 Å². The molecule has 1 atom stereocenters.